The Balaban J connectivity index is 2.50. The predicted molar refractivity (Wildman–Crippen MR) is 73.1 cm³/mol. The highest BCUT2D eigenvalue weighted by atomic mass is 127. The van der Waals surface area contributed by atoms with Gasteiger partial charge in [0.25, 0.3) is 0 Å². The zero-order valence-electron chi connectivity index (χ0n) is 9.09. The molecule has 84 valence electrons. The van der Waals surface area contributed by atoms with E-state index in [0.29, 0.717) is 5.92 Å². The van der Waals surface area contributed by atoms with Crippen LogP contribution in [0.1, 0.15) is 6.92 Å². The van der Waals surface area contributed by atoms with E-state index >= 15 is 0 Å². The minimum Gasteiger partial charge on any atom is -0.397 e. The van der Waals surface area contributed by atoms with Crippen LogP contribution in [0, 0.1) is 9.49 Å². The highest BCUT2D eigenvalue weighted by Gasteiger charge is 2.03. The largest absolute Gasteiger partial charge is 0.397 e. The molecule has 0 aliphatic rings. The van der Waals surface area contributed by atoms with Gasteiger partial charge in [-0.05, 0) is 46.7 Å². The van der Waals surface area contributed by atoms with E-state index in [9.17, 15) is 0 Å². The summed E-state index contributed by atoms with van der Waals surface area (Å²) in [5.41, 5.74) is 7.68. The maximum Gasteiger partial charge on any atom is 0.0574 e. The van der Waals surface area contributed by atoms with Crippen LogP contribution in [0.4, 0.5) is 11.4 Å². The molecule has 15 heavy (non-hydrogen) atoms. The van der Waals surface area contributed by atoms with Gasteiger partial charge in [0.15, 0.2) is 0 Å². The fraction of sp³-hybridized carbons (Fsp3) is 0.455. The molecule has 0 saturated carbocycles. The molecule has 0 aromatic heterocycles. The Morgan fingerprint density at radius 2 is 2.27 bits per heavy atom. The van der Waals surface area contributed by atoms with Crippen LogP contribution in [-0.4, -0.2) is 20.3 Å². The van der Waals surface area contributed by atoms with Gasteiger partial charge >= 0.3 is 0 Å². The smallest absolute Gasteiger partial charge is 0.0574 e. The number of hydrogen-bond acceptors (Lipinski definition) is 3. The van der Waals surface area contributed by atoms with Crippen LogP contribution in [0.15, 0.2) is 18.2 Å². The van der Waals surface area contributed by atoms with Gasteiger partial charge in [0.05, 0.1) is 18.0 Å². The van der Waals surface area contributed by atoms with Crippen LogP contribution < -0.4 is 11.1 Å². The van der Waals surface area contributed by atoms with Crippen molar-refractivity contribution in [2.24, 2.45) is 5.92 Å². The molecule has 1 atom stereocenters. The Labute approximate surface area is 105 Å². The summed E-state index contributed by atoms with van der Waals surface area (Å²) in [6.45, 7) is 3.77. The van der Waals surface area contributed by atoms with Gasteiger partial charge in [0, 0.05) is 17.2 Å². The number of nitrogens with one attached hydrogen (secondary N) is 1. The highest BCUT2D eigenvalue weighted by molar-refractivity contribution is 14.1. The van der Waals surface area contributed by atoms with E-state index in [1.54, 1.807) is 7.11 Å². The zero-order valence-corrected chi connectivity index (χ0v) is 11.2. The lowest BCUT2D eigenvalue weighted by molar-refractivity contribution is 0.164. The summed E-state index contributed by atoms with van der Waals surface area (Å²) in [4.78, 5) is 0. The number of rotatable bonds is 5. The van der Waals surface area contributed by atoms with Crippen LogP contribution in [0.3, 0.4) is 0 Å². The fourth-order valence-corrected chi connectivity index (χ4v) is 1.84. The number of nitrogen functional groups attached to an aromatic ring is 1. The van der Waals surface area contributed by atoms with Gasteiger partial charge in [-0.3, -0.25) is 0 Å². The molecule has 3 N–H and O–H groups in total. The summed E-state index contributed by atoms with van der Waals surface area (Å²) in [6, 6.07) is 6.01. The van der Waals surface area contributed by atoms with Crippen molar-refractivity contribution in [1.82, 2.24) is 0 Å². The number of hydrogen-bond donors (Lipinski definition) is 2. The molecule has 1 aromatic carbocycles. The molecule has 1 unspecified atom stereocenters. The van der Waals surface area contributed by atoms with Crippen LogP contribution >= 0.6 is 22.6 Å². The maximum atomic E-state index is 5.88. The molecule has 0 aliphatic carbocycles. The zero-order chi connectivity index (χ0) is 11.3. The van der Waals surface area contributed by atoms with Gasteiger partial charge in [-0.1, -0.05) is 6.92 Å². The molecule has 0 bridgehead atoms. The lowest BCUT2D eigenvalue weighted by atomic mass is 10.2. The van der Waals surface area contributed by atoms with E-state index in [4.69, 9.17) is 10.5 Å². The summed E-state index contributed by atoms with van der Waals surface area (Å²) in [7, 11) is 1.72. The minimum absolute atomic E-state index is 0.480. The Kier molecular flexibility index (Phi) is 5.17. The number of anilines is 2. The third kappa shape index (κ3) is 4.25. The van der Waals surface area contributed by atoms with E-state index in [0.717, 1.165) is 28.1 Å². The Morgan fingerprint density at radius 3 is 2.87 bits per heavy atom. The van der Waals surface area contributed by atoms with Crippen LogP contribution in [-0.2, 0) is 4.74 Å². The molecule has 0 heterocycles. The van der Waals surface area contributed by atoms with Gasteiger partial charge in [-0.25, -0.2) is 0 Å². The first-order chi connectivity index (χ1) is 7.13. The fourth-order valence-electron chi connectivity index (χ4n) is 1.32. The first-order valence-electron chi connectivity index (χ1n) is 4.91. The second-order valence-corrected chi connectivity index (χ2v) is 4.92. The molecule has 0 fully saturated rings. The van der Waals surface area contributed by atoms with Crippen molar-refractivity contribution in [2.75, 3.05) is 31.3 Å². The summed E-state index contributed by atoms with van der Waals surface area (Å²) >= 11 is 2.25. The third-order valence-corrected chi connectivity index (χ3v) is 2.78. The van der Waals surface area contributed by atoms with Crippen molar-refractivity contribution in [3.63, 3.8) is 0 Å². The van der Waals surface area contributed by atoms with Crippen molar-refractivity contribution in [3.05, 3.63) is 21.8 Å². The normalized spacial score (nSPS) is 12.5. The second-order valence-electron chi connectivity index (χ2n) is 3.67. The average molecular weight is 320 g/mol. The topological polar surface area (TPSA) is 47.3 Å². The molecule has 0 spiro atoms. The molecule has 0 radical (unpaired) electrons. The number of nitrogens with two attached hydrogens (primary N) is 1. The first-order valence-corrected chi connectivity index (χ1v) is 5.99. The monoisotopic (exact) mass is 320 g/mol. The summed E-state index contributed by atoms with van der Waals surface area (Å²) in [5.74, 6) is 0.480. The Hall–Kier alpha value is -0.490. The lowest BCUT2D eigenvalue weighted by Gasteiger charge is -2.14. The molecule has 3 nitrogen and oxygen atoms in total. The molecule has 0 aliphatic heterocycles. The molecule has 0 saturated heterocycles. The van der Waals surface area contributed by atoms with Gasteiger partial charge in [0.1, 0.15) is 0 Å². The summed E-state index contributed by atoms with van der Waals surface area (Å²) < 4.78 is 6.22. The SMILES string of the molecule is COCC(C)CNc1ccc(I)cc1N. The molecule has 1 rings (SSSR count). The van der Waals surface area contributed by atoms with Crippen LogP contribution in [0.2, 0.25) is 0 Å². The van der Waals surface area contributed by atoms with Crippen molar-refractivity contribution < 1.29 is 4.74 Å². The van der Waals surface area contributed by atoms with E-state index in [1.807, 2.05) is 18.2 Å². The number of benzene rings is 1. The molecule has 0 amide bonds. The summed E-state index contributed by atoms with van der Waals surface area (Å²) in [5, 5.41) is 3.32. The minimum atomic E-state index is 0.480. The molecular weight excluding hydrogens is 303 g/mol. The number of ether oxygens (including phenoxy) is 1. The quantitative estimate of drug-likeness (QED) is 0.647. The van der Waals surface area contributed by atoms with Gasteiger partial charge in [-0.15, -0.1) is 0 Å². The van der Waals surface area contributed by atoms with Crippen molar-refractivity contribution in [1.29, 1.82) is 0 Å². The third-order valence-electron chi connectivity index (χ3n) is 2.11. The van der Waals surface area contributed by atoms with Gasteiger partial charge in [0.2, 0.25) is 0 Å². The van der Waals surface area contributed by atoms with E-state index in [2.05, 4.69) is 34.8 Å². The van der Waals surface area contributed by atoms with Gasteiger partial charge < -0.3 is 15.8 Å². The standard InChI is InChI=1S/C11H17IN2O/c1-8(7-15-2)6-14-11-4-3-9(12)5-10(11)13/h3-5,8,14H,6-7,13H2,1-2H3. The average Bonchev–Trinajstić information content (AvgIpc) is 2.17. The van der Waals surface area contributed by atoms with Crippen LogP contribution in [0.5, 0.6) is 0 Å². The predicted octanol–water partition coefficient (Wildman–Crippen LogP) is 2.57. The van der Waals surface area contributed by atoms with E-state index in [-0.39, 0.29) is 0 Å². The Morgan fingerprint density at radius 1 is 1.53 bits per heavy atom. The second kappa shape index (κ2) is 6.17. The molecule has 1 aromatic rings. The van der Waals surface area contributed by atoms with Crippen molar-refractivity contribution in [3.8, 4) is 0 Å². The Bertz CT molecular complexity index is 317. The highest BCUT2D eigenvalue weighted by Crippen LogP contribution is 2.20. The van der Waals surface area contributed by atoms with Crippen LogP contribution in [0.25, 0.3) is 0 Å². The number of halogens is 1. The molecular formula is C11H17IN2O. The first kappa shape index (κ1) is 12.6. The van der Waals surface area contributed by atoms with Gasteiger partial charge in [-0.2, -0.15) is 0 Å². The van der Waals surface area contributed by atoms with Crippen molar-refractivity contribution in [2.45, 2.75) is 6.92 Å². The summed E-state index contributed by atoms with van der Waals surface area (Å²) in [6.07, 6.45) is 0. The number of methoxy groups -OCH3 is 1. The maximum absolute atomic E-state index is 5.88. The molecule has 4 heteroatoms. The van der Waals surface area contributed by atoms with E-state index in [1.165, 1.54) is 0 Å². The lowest BCUT2D eigenvalue weighted by Crippen LogP contribution is -2.16. The van der Waals surface area contributed by atoms with E-state index < -0.39 is 0 Å². The van der Waals surface area contributed by atoms with Crippen molar-refractivity contribution >= 4 is 34.0 Å².